The monoisotopic (exact) mass is 759 g/mol. The van der Waals surface area contributed by atoms with Gasteiger partial charge in [0.25, 0.3) is 15.9 Å². The van der Waals surface area contributed by atoms with Crippen LogP contribution in [0.2, 0.25) is 0 Å². The molecule has 4 aromatic rings. The van der Waals surface area contributed by atoms with Crippen LogP contribution in [0.15, 0.2) is 33.5 Å². The van der Waals surface area contributed by atoms with Crippen LogP contribution < -0.4 is 29.2 Å². The number of hydrogen-bond acceptors (Lipinski definition) is 15. The molecule has 51 heavy (non-hydrogen) atoms. The topological polar surface area (TPSA) is 209 Å². The van der Waals surface area contributed by atoms with Gasteiger partial charge in [-0.25, -0.2) is 32.1 Å². The highest BCUT2D eigenvalue weighted by Gasteiger charge is 2.31. The zero-order chi connectivity index (χ0) is 37.1. The van der Waals surface area contributed by atoms with Crippen LogP contribution in [-0.2, 0) is 32.5 Å². The molecule has 1 aromatic carbocycles. The Balaban J connectivity index is 0.000000198. The number of methoxy groups -OCH3 is 2. The van der Waals surface area contributed by atoms with Crippen LogP contribution in [0.5, 0.6) is 11.8 Å². The second-order valence-electron chi connectivity index (χ2n) is 11.5. The van der Waals surface area contributed by atoms with Crippen LogP contribution in [0.1, 0.15) is 35.2 Å². The maximum absolute atomic E-state index is 14.5. The van der Waals surface area contributed by atoms with Gasteiger partial charge in [0.15, 0.2) is 12.4 Å². The van der Waals surface area contributed by atoms with Gasteiger partial charge in [-0.1, -0.05) is 19.8 Å². The van der Waals surface area contributed by atoms with E-state index < -0.39 is 27.8 Å². The van der Waals surface area contributed by atoms with Crippen molar-refractivity contribution in [3.63, 3.8) is 0 Å². The Labute approximate surface area is 298 Å². The number of hydrogen-bond donors (Lipinski definition) is 2. The summed E-state index contributed by atoms with van der Waals surface area (Å²) in [6.45, 7) is 6.59. The number of terminal acetylenes is 1. The first-order valence-electron chi connectivity index (χ1n) is 14.7. The van der Waals surface area contributed by atoms with Crippen LogP contribution in [0, 0.1) is 30.5 Å². The molecule has 6 rings (SSSR count). The summed E-state index contributed by atoms with van der Waals surface area (Å²) >= 11 is 2.11. The Kier molecular flexibility index (Phi) is 10.7. The zero-order valence-electron chi connectivity index (χ0n) is 27.7. The van der Waals surface area contributed by atoms with E-state index in [0.29, 0.717) is 16.2 Å². The average Bonchev–Trinajstić information content (AvgIpc) is 3.78. The van der Waals surface area contributed by atoms with E-state index in [9.17, 15) is 27.2 Å². The molecule has 0 saturated carbocycles. The van der Waals surface area contributed by atoms with E-state index in [-0.39, 0.29) is 57.7 Å². The van der Waals surface area contributed by atoms with E-state index in [1.54, 1.807) is 4.72 Å². The van der Waals surface area contributed by atoms with Crippen molar-refractivity contribution in [2.45, 2.75) is 38.6 Å². The molecule has 2 aliphatic heterocycles. The summed E-state index contributed by atoms with van der Waals surface area (Å²) in [6, 6.07) is 2.78. The summed E-state index contributed by atoms with van der Waals surface area (Å²) in [6.07, 6.45) is 6.22. The standard InChI is InChI=1S/C18H17FN4O2S.C12H13N5O6S2/c1-4-5-22-13-7-12(11(19)6-14(13)25-9-16(22)24)20-17-23-10-18(2,3)8-15(23)21-26-17;1-6-13-10(16-12(14-6)23-3)15-11(19)17-25(20,21)7-4-5-24-8(7)9(18)22-2/h1,6-7H,5,8-10H2,2-3H3;4-5H,1-3H3,(H2,13,14,15,16,17,19)/b20-17-;. The fraction of sp³-hybridized carbons (Fsp3) is 0.333. The van der Waals surface area contributed by atoms with Crippen molar-refractivity contribution in [2.24, 2.45) is 10.4 Å². The molecular weight excluding hydrogens is 730 g/mol. The molecule has 0 saturated heterocycles. The second kappa shape index (κ2) is 14.8. The minimum absolute atomic E-state index is 0.0449. The number of urea groups is 1. The van der Waals surface area contributed by atoms with Gasteiger partial charge in [0.05, 0.1) is 26.5 Å². The van der Waals surface area contributed by atoms with Gasteiger partial charge in [-0.2, -0.15) is 19.3 Å². The maximum Gasteiger partial charge on any atom is 0.349 e. The number of esters is 1. The Hall–Kier alpha value is -5.46. The molecule has 0 bridgehead atoms. The molecule has 17 nitrogen and oxygen atoms in total. The van der Waals surface area contributed by atoms with Gasteiger partial charge in [0.1, 0.15) is 32.9 Å². The van der Waals surface area contributed by atoms with E-state index in [4.69, 9.17) is 15.9 Å². The largest absolute Gasteiger partial charge is 0.481 e. The summed E-state index contributed by atoms with van der Waals surface area (Å²) in [4.78, 5) is 53.0. The van der Waals surface area contributed by atoms with E-state index in [1.807, 2.05) is 4.57 Å². The minimum Gasteiger partial charge on any atom is -0.481 e. The molecule has 21 heteroatoms. The number of benzene rings is 1. The fourth-order valence-corrected chi connectivity index (χ4v) is 7.91. The van der Waals surface area contributed by atoms with Crippen molar-refractivity contribution in [3.05, 3.63) is 50.7 Å². The lowest BCUT2D eigenvalue weighted by Gasteiger charge is -2.28. The van der Waals surface area contributed by atoms with Gasteiger partial charge < -0.3 is 18.8 Å². The highest BCUT2D eigenvalue weighted by Crippen LogP contribution is 2.37. The third kappa shape index (κ3) is 8.30. The van der Waals surface area contributed by atoms with Crippen LogP contribution in [-0.4, -0.2) is 77.6 Å². The van der Waals surface area contributed by atoms with Gasteiger partial charge >= 0.3 is 18.0 Å². The number of halogens is 1. The fourth-order valence-electron chi connectivity index (χ4n) is 4.91. The molecule has 0 unspecified atom stereocenters. The molecule has 0 aliphatic carbocycles. The first-order chi connectivity index (χ1) is 24.1. The first kappa shape index (κ1) is 36.8. The zero-order valence-corrected chi connectivity index (χ0v) is 30.2. The normalized spacial score (nSPS) is 14.6. The molecule has 3 aromatic heterocycles. The summed E-state index contributed by atoms with van der Waals surface area (Å²) in [5.74, 6) is 2.16. The van der Waals surface area contributed by atoms with Gasteiger partial charge in [-0.15, -0.1) is 17.8 Å². The van der Waals surface area contributed by atoms with Crippen molar-refractivity contribution in [1.82, 2.24) is 28.6 Å². The molecule has 268 valence electrons. The number of fused-ring (bicyclic) bond motifs is 2. The van der Waals surface area contributed by atoms with Crippen LogP contribution >= 0.6 is 22.9 Å². The summed E-state index contributed by atoms with van der Waals surface area (Å²) in [5.41, 5.74) is 0.678. The molecule has 2 aliphatic rings. The summed E-state index contributed by atoms with van der Waals surface area (Å²) in [5, 5.41) is 3.54. The quantitative estimate of drug-likeness (QED) is 0.206. The Morgan fingerprint density at radius 2 is 2.00 bits per heavy atom. The van der Waals surface area contributed by atoms with Gasteiger partial charge in [0, 0.05) is 30.6 Å². The van der Waals surface area contributed by atoms with Gasteiger partial charge in [-0.05, 0) is 29.9 Å². The Morgan fingerprint density at radius 1 is 1.24 bits per heavy atom. The lowest BCUT2D eigenvalue weighted by molar-refractivity contribution is -0.121. The first-order valence-corrected chi connectivity index (χ1v) is 17.8. The molecule has 0 spiro atoms. The summed E-state index contributed by atoms with van der Waals surface area (Å²) in [7, 11) is -1.86. The SMILES string of the molecule is C#CCN1C(=O)COc2cc(F)c(/N=c3\snc4n3CC(C)(C)C4)cc21.COC(=O)c1sccc1S(=O)(=O)NC(=O)Nc1nc(C)nc(OC)n1. The van der Waals surface area contributed by atoms with Crippen molar-refractivity contribution in [1.29, 1.82) is 0 Å². The van der Waals surface area contributed by atoms with Crippen LogP contribution in [0.25, 0.3) is 0 Å². The Morgan fingerprint density at radius 3 is 2.71 bits per heavy atom. The van der Waals surface area contributed by atoms with E-state index in [0.717, 1.165) is 37.2 Å². The van der Waals surface area contributed by atoms with E-state index in [2.05, 4.69) is 54.1 Å². The molecule has 2 N–H and O–H groups in total. The van der Waals surface area contributed by atoms with Gasteiger partial charge in [-0.3, -0.25) is 15.0 Å². The highest BCUT2D eigenvalue weighted by atomic mass is 32.2. The molecule has 3 amide bonds. The number of thiophene rings is 1. The number of nitrogens with zero attached hydrogens (tertiary/aromatic N) is 7. The van der Waals surface area contributed by atoms with Crippen molar-refractivity contribution < 1.29 is 41.4 Å². The third-order valence-corrected chi connectivity index (χ3v) is 10.3. The molecule has 0 atom stereocenters. The predicted molar refractivity (Wildman–Crippen MR) is 182 cm³/mol. The molecule has 0 fully saturated rings. The lowest BCUT2D eigenvalue weighted by Crippen LogP contribution is -2.39. The van der Waals surface area contributed by atoms with Gasteiger partial charge in [0.2, 0.25) is 10.7 Å². The number of anilines is 2. The van der Waals surface area contributed by atoms with Crippen molar-refractivity contribution in [2.75, 3.05) is 37.6 Å². The van der Waals surface area contributed by atoms with Crippen LogP contribution in [0.4, 0.5) is 26.5 Å². The number of ether oxygens (including phenoxy) is 3. The second-order valence-corrected chi connectivity index (χ2v) is 14.8. The minimum atomic E-state index is -4.30. The number of sulfonamides is 1. The number of amides is 3. The molecule has 5 heterocycles. The predicted octanol–water partition coefficient (Wildman–Crippen LogP) is 2.80. The number of rotatable bonds is 7. The average molecular weight is 760 g/mol. The van der Waals surface area contributed by atoms with E-state index in [1.165, 1.54) is 54.0 Å². The highest BCUT2D eigenvalue weighted by molar-refractivity contribution is 7.90. The molecule has 0 radical (unpaired) electrons. The number of carbonyl (C=O) groups is 3. The number of carbonyl (C=O) groups excluding carboxylic acids is 3. The third-order valence-electron chi connectivity index (χ3n) is 7.09. The smallest absolute Gasteiger partial charge is 0.349 e. The number of aromatic nitrogens is 5. The van der Waals surface area contributed by atoms with Crippen molar-refractivity contribution in [3.8, 4) is 24.1 Å². The van der Waals surface area contributed by atoms with Crippen LogP contribution in [0.3, 0.4) is 0 Å². The Bertz CT molecular complexity index is 2240. The summed E-state index contributed by atoms with van der Waals surface area (Å²) < 4.78 is 62.0. The number of aryl methyl sites for hydroxylation is 1. The van der Waals surface area contributed by atoms with E-state index >= 15 is 0 Å². The van der Waals surface area contributed by atoms with Crippen molar-refractivity contribution >= 4 is 68.1 Å². The molecular formula is C30H30FN9O8S3. The maximum atomic E-state index is 14.5. The lowest BCUT2D eigenvalue weighted by atomic mass is 9.92. The number of nitrogens with one attached hydrogen (secondary N) is 2.